The first kappa shape index (κ1) is 7.14. The van der Waals surface area contributed by atoms with Crippen molar-refractivity contribution in [3.05, 3.63) is 0 Å². The van der Waals surface area contributed by atoms with Gasteiger partial charge in [0.15, 0.2) is 9.84 Å². The number of nitrogens with zero attached hydrogens (tertiary/aromatic N) is 1. The van der Waals surface area contributed by atoms with E-state index in [1.54, 1.807) is 0 Å². The summed E-state index contributed by atoms with van der Waals surface area (Å²) in [5.41, 5.74) is 0. The second-order valence-corrected chi connectivity index (χ2v) is 3.92. The zero-order valence-corrected chi connectivity index (χ0v) is 6.78. The Morgan fingerprint density at radius 3 is 2.29 bits per heavy atom. The SMILES string of the molecule is CCN[SiH2]N(C)C. The van der Waals surface area contributed by atoms with Crippen LogP contribution in [-0.4, -0.2) is 35.0 Å². The van der Waals surface area contributed by atoms with E-state index >= 15 is 0 Å². The first-order valence-corrected chi connectivity index (χ1v) is 3.96. The van der Waals surface area contributed by atoms with Gasteiger partial charge in [0.2, 0.25) is 0 Å². The lowest BCUT2D eigenvalue weighted by Crippen LogP contribution is -2.31. The third-order valence-corrected chi connectivity index (χ3v) is 2.03. The third-order valence-electron chi connectivity index (χ3n) is 0.678. The summed E-state index contributed by atoms with van der Waals surface area (Å²) in [6, 6.07) is 0. The van der Waals surface area contributed by atoms with Crippen LogP contribution in [0.2, 0.25) is 0 Å². The molecule has 0 unspecified atom stereocenters. The van der Waals surface area contributed by atoms with Gasteiger partial charge in [0.1, 0.15) is 0 Å². The Kier molecular flexibility index (Phi) is 4.38. The van der Waals surface area contributed by atoms with Crippen LogP contribution in [0.3, 0.4) is 0 Å². The van der Waals surface area contributed by atoms with Gasteiger partial charge in [0.05, 0.1) is 0 Å². The number of hydrogen-bond donors (Lipinski definition) is 1. The zero-order chi connectivity index (χ0) is 5.70. The number of hydrogen-bond acceptors (Lipinski definition) is 2. The van der Waals surface area contributed by atoms with Crippen LogP contribution in [0, 0.1) is 0 Å². The molecule has 0 aliphatic rings. The Morgan fingerprint density at radius 1 is 1.57 bits per heavy atom. The summed E-state index contributed by atoms with van der Waals surface area (Å²) in [4.78, 5) is 3.31. The fraction of sp³-hybridized carbons (Fsp3) is 1.00. The third kappa shape index (κ3) is 6.14. The second kappa shape index (κ2) is 4.30. The van der Waals surface area contributed by atoms with Gasteiger partial charge in [0, 0.05) is 0 Å². The Morgan fingerprint density at radius 2 is 2.14 bits per heavy atom. The Labute approximate surface area is 47.9 Å². The molecule has 7 heavy (non-hydrogen) atoms. The summed E-state index contributed by atoms with van der Waals surface area (Å²) >= 11 is 0. The monoisotopic (exact) mass is 118 g/mol. The highest BCUT2D eigenvalue weighted by Crippen LogP contribution is 1.60. The molecule has 0 aromatic carbocycles. The minimum Gasteiger partial charge on any atom is -0.331 e. The van der Waals surface area contributed by atoms with Crippen LogP contribution in [0.15, 0.2) is 0 Å². The van der Waals surface area contributed by atoms with Gasteiger partial charge < -0.3 is 9.55 Å². The number of nitrogens with one attached hydrogen (secondary N) is 1. The largest absolute Gasteiger partial charge is 0.331 e. The molecule has 0 bridgehead atoms. The lowest BCUT2D eigenvalue weighted by Gasteiger charge is -2.06. The standard InChI is InChI=1S/C4H14N2Si/c1-4-5-7-6(2)3/h5H,4,7H2,1-3H3. The summed E-state index contributed by atoms with van der Waals surface area (Å²) in [5, 5.41) is 0. The van der Waals surface area contributed by atoms with Crippen molar-refractivity contribution in [1.82, 2.24) is 9.55 Å². The van der Waals surface area contributed by atoms with E-state index in [1.165, 1.54) is 0 Å². The maximum absolute atomic E-state index is 3.31. The van der Waals surface area contributed by atoms with Crippen molar-refractivity contribution in [3.63, 3.8) is 0 Å². The molecule has 0 aromatic rings. The Hall–Kier alpha value is 0.137. The smallest absolute Gasteiger partial charge is 0.169 e. The van der Waals surface area contributed by atoms with E-state index in [4.69, 9.17) is 0 Å². The van der Waals surface area contributed by atoms with Gasteiger partial charge in [-0.3, -0.25) is 0 Å². The van der Waals surface area contributed by atoms with Gasteiger partial charge in [-0.05, 0) is 20.6 Å². The maximum atomic E-state index is 3.31. The van der Waals surface area contributed by atoms with E-state index in [2.05, 4.69) is 30.6 Å². The van der Waals surface area contributed by atoms with Crippen molar-refractivity contribution in [2.24, 2.45) is 0 Å². The van der Waals surface area contributed by atoms with Gasteiger partial charge in [0.25, 0.3) is 0 Å². The van der Waals surface area contributed by atoms with Crippen LogP contribution in [0.25, 0.3) is 0 Å². The summed E-state index contributed by atoms with van der Waals surface area (Å²) in [5.74, 6) is 0. The number of rotatable bonds is 3. The topological polar surface area (TPSA) is 15.3 Å². The second-order valence-electron chi connectivity index (χ2n) is 1.84. The fourth-order valence-electron chi connectivity index (χ4n) is 0.335. The lowest BCUT2D eigenvalue weighted by atomic mass is 10.8. The summed E-state index contributed by atoms with van der Waals surface area (Å²) in [7, 11) is 4.14. The summed E-state index contributed by atoms with van der Waals surface area (Å²) in [6.45, 7) is 3.25. The normalized spacial score (nSPS) is 12.0. The van der Waals surface area contributed by atoms with Gasteiger partial charge in [-0.15, -0.1) is 0 Å². The highest BCUT2D eigenvalue weighted by molar-refractivity contribution is 6.28. The van der Waals surface area contributed by atoms with Gasteiger partial charge in [-0.25, -0.2) is 0 Å². The van der Waals surface area contributed by atoms with Crippen molar-refractivity contribution in [2.75, 3.05) is 20.6 Å². The van der Waals surface area contributed by atoms with Crippen LogP contribution in [-0.2, 0) is 0 Å². The molecule has 0 saturated heterocycles. The van der Waals surface area contributed by atoms with E-state index in [0.717, 1.165) is 6.54 Å². The first-order chi connectivity index (χ1) is 3.27. The van der Waals surface area contributed by atoms with Crippen molar-refractivity contribution in [1.29, 1.82) is 0 Å². The molecular weight excluding hydrogens is 104 g/mol. The molecule has 0 aromatic heterocycles. The van der Waals surface area contributed by atoms with Gasteiger partial charge in [-0.1, -0.05) is 6.92 Å². The molecule has 2 nitrogen and oxygen atoms in total. The summed E-state index contributed by atoms with van der Waals surface area (Å²) in [6.07, 6.45) is 0. The minimum atomic E-state index is -0.0706. The lowest BCUT2D eigenvalue weighted by molar-refractivity contribution is 0.642. The first-order valence-electron chi connectivity index (χ1n) is 2.62. The van der Waals surface area contributed by atoms with Crippen LogP contribution >= 0.6 is 0 Å². The molecule has 0 aliphatic heterocycles. The zero-order valence-electron chi connectivity index (χ0n) is 5.36. The molecule has 1 N–H and O–H groups in total. The molecule has 44 valence electrons. The van der Waals surface area contributed by atoms with Gasteiger partial charge in [-0.2, -0.15) is 0 Å². The quantitative estimate of drug-likeness (QED) is 0.486. The molecule has 3 heteroatoms. The average Bonchev–Trinajstić information content (AvgIpc) is 1.61. The average molecular weight is 118 g/mol. The Bertz CT molecular complexity index is 38.7. The van der Waals surface area contributed by atoms with Gasteiger partial charge >= 0.3 is 0 Å². The van der Waals surface area contributed by atoms with Crippen LogP contribution < -0.4 is 4.98 Å². The van der Waals surface area contributed by atoms with Crippen molar-refractivity contribution >= 4 is 9.84 Å². The van der Waals surface area contributed by atoms with Crippen molar-refractivity contribution in [2.45, 2.75) is 6.92 Å². The minimum absolute atomic E-state index is 0.0706. The van der Waals surface area contributed by atoms with E-state index in [0.29, 0.717) is 0 Å². The molecule has 0 atom stereocenters. The predicted octanol–water partition coefficient (Wildman–Crippen LogP) is -0.844. The van der Waals surface area contributed by atoms with Crippen molar-refractivity contribution < 1.29 is 0 Å². The van der Waals surface area contributed by atoms with Crippen molar-refractivity contribution in [3.8, 4) is 0 Å². The van der Waals surface area contributed by atoms with Crippen LogP contribution in [0.1, 0.15) is 6.92 Å². The van der Waals surface area contributed by atoms with Crippen LogP contribution in [0.4, 0.5) is 0 Å². The fourth-order valence-corrected chi connectivity index (χ4v) is 1.01. The highest BCUT2D eigenvalue weighted by atomic mass is 28.2. The molecule has 0 amide bonds. The summed E-state index contributed by atoms with van der Waals surface area (Å²) < 4.78 is 2.24. The molecule has 0 saturated carbocycles. The molecule has 0 aliphatic carbocycles. The molecule has 0 heterocycles. The Balaban J connectivity index is 2.68. The molecule has 0 rings (SSSR count). The molecule has 0 fully saturated rings. The van der Waals surface area contributed by atoms with E-state index in [9.17, 15) is 0 Å². The maximum Gasteiger partial charge on any atom is 0.169 e. The van der Waals surface area contributed by atoms with E-state index in [-0.39, 0.29) is 9.84 Å². The highest BCUT2D eigenvalue weighted by Gasteiger charge is 1.83. The molecule has 0 spiro atoms. The van der Waals surface area contributed by atoms with E-state index in [1.807, 2.05) is 0 Å². The van der Waals surface area contributed by atoms with Crippen LogP contribution in [0.5, 0.6) is 0 Å². The van der Waals surface area contributed by atoms with E-state index < -0.39 is 0 Å². The predicted molar refractivity (Wildman–Crippen MR) is 35.9 cm³/mol. The molecule has 0 radical (unpaired) electrons. The molecular formula is C4H14N2Si.